The van der Waals surface area contributed by atoms with Crippen molar-refractivity contribution in [3.63, 3.8) is 0 Å². The Labute approximate surface area is 48.2 Å². The van der Waals surface area contributed by atoms with Crippen LogP contribution in [-0.4, -0.2) is 26.6 Å². The SMILES string of the molecule is CNC(=O)CNOC. The van der Waals surface area contributed by atoms with Gasteiger partial charge in [0.25, 0.3) is 0 Å². The largest absolute Gasteiger partial charge is 0.358 e. The number of amides is 1. The van der Waals surface area contributed by atoms with Gasteiger partial charge in [-0.05, 0) is 0 Å². The van der Waals surface area contributed by atoms with E-state index in [0.29, 0.717) is 0 Å². The Kier molecular flexibility index (Phi) is 4.20. The zero-order valence-corrected chi connectivity index (χ0v) is 5.02. The van der Waals surface area contributed by atoms with E-state index in [1.807, 2.05) is 0 Å². The molecule has 0 aromatic rings. The molecule has 0 radical (unpaired) electrons. The highest BCUT2D eigenvalue weighted by Crippen LogP contribution is 1.57. The highest BCUT2D eigenvalue weighted by Gasteiger charge is 1.91. The number of nitrogens with one attached hydrogen (secondary N) is 2. The summed E-state index contributed by atoms with van der Waals surface area (Å²) >= 11 is 0. The molecule has 0 aliphatic rings. The lowest BCUT2D eigenvalue weighted by molar-refractivity contribution is -0.121. The summed E-state index contributed by atoms with van der Waals surface area (Å²) in [6, 6.07) is 0. The first-order valence-electron chi connectivity index (χ1n) is 2.27. The molecule has 0 unspecified atom stereocenters. The van der Waals surface area contributed by atoms with Crippen molar-refractivity contribution < 1.29 is 9.63 Å². The Morgan fingerprint density at radius 1 is 1.75 bits per heavy atom. The van der Waals surface area contributed by atoms with Crippen molar-refractivity contribution in [1.82, 2.24) is 10.8 Å². The first-order valence-corrected chi connectivity index (χ1v) is 2.27. The van der Waals surface area contributed by atoms with Crippen LogP contribution in [-0.2, 0) is 9.63 Å². The molecule has 0 heterocycles. The van der Waals surface area contributed by atoms with Gasteiger partial charge in [0.1, 0.15) is 0 Å². The zero-order valence-electron chi connectivity index (χ0n) is 5.02. The maximum atomic E-state index is 10.3. The number of hydroxylamine groups is 1. The first-order chi connectivity index (χ1) is 3.81. The second-order valence-corrected chi connectivity index (χ2v) is 1.20. The van der Waals surface area contributed by atoms with E-state index in [2.05, 4.69) is 15.6 Å². The van der Waals surface area contributed by atoms with Crippen molar-refractivity contribution in [2.45, 2.75) is 0 Å². The third-order valence-corrected chi connectivity index (χ3v) is 0.656. The highest BCUT2D eigenvalue weighted by molar-refractivity contribution is 5.77. The fourth-order valence-electron chi connectivity index (χ4n) is 0.226. The predicted molar refractivity (Wildman–Crippen MR) is 29.1 cm³/mol. The van der Waals surface area contributed by atoms with Crippen molar-refractivity contribution in [3.05, 3.63) is 0 Å². The molecule has 0 atom stereocenters. The molecule has 8 heavy (non-hydrogen) atoms. The molecule has 0 saturated carbocycles. The van der Waals surface area contributed by atoms with Crippen molar-refractivity contribution in [1.29, 1.82) is 0 Å². The molecule has 0 fully saturated rings. The van der Waals surface area contributed by atoms with Gasteiger partial charge in [-0.3, -0.25) is 4.79 Å². The smallest absolute Gasteiger partial charge is 0.236 e. The maximum Gasteiger partial charge on any atom is 0.236 e. The van der Waals surface area contributed by atoms with Crippen molar-refractivity contribution in [2.24, 2.45) is 0 Å². The second kappa shape index (κ2) is 4.55. The van der Waals surface area contributed by atoms with Gasteiger partial charge >= 0.3 is 0 Å². The predicted octanol–water partition coefficient (Wildman–Crippen LogP) is -1.12. The summed E-state index contributed by atoms with van der Waals surface area (Å²) in [6.07, 6.45) is 0. The number of hydrogen-bond donors (Lipinski definition) is 2. The van der Waals surface area contributed by atoms with E-state index in [-0.39, 0.29) is 12.5 Å². The summed E-state index contributed by atoms with van der Waals surface area (Å²) in [4.78, 5) is 14.7. The summed E-state index contributed by atoms with van der Waals surface area (Å²) in [5, 5.41) is 2.42. The van der Waals surface area contributed by atoms with Gasteiger partial charge < -0.3 is 10.2 Å². The van der Waals surface area contributed by atoms with E-state index in [1.165, 1.54) is 7.11 Å². The lowest BCUT2D eigenvalue weighted by Crippen LogP contribution is -2.30. The fourth-order valence-corrected chi connectivity index (χ4v) is 0.226. The number of rotatable bonds is 3. The van der Waals surface area contributed by atoms with Crippen LogP contribution in [0.15, 0.2) is 0 Å². The molecule has 0 aliphatic carbocycles. The molecule has 0 saturated heterocycles. The van der Waals surface area contributed by atoms with Crippen LogP contribution in [0.4, 0.5) is 0 Å². The number of hydrogen-bond acceptors (Lipinski definition) is 3. The van der Waals surface area contributed by atoms with Crippen LogP contribution in [0, 0.1) is 0 Å². The Hall–Kier alpha value is -0.610. The average molecular weight is 118 g/mol. The molecular weight excluding hydrogens is 108 g/mol. The first kappa shape index (κ1) is 7.39. The fraction of sp³-hybridized carbons (Fsp3) is 0.750. The molecular formula is C4H10N2O2. The van der Waals surface area contributed by atoms with Gasteiger partial charge in [-0.25, -0.2) is 0 Å². The maximum absolute atomic E-state index is 10.3. The van der Waals surface area contributed by atoms with E-state index >= 15 is 0 Å². The molecule has 2 N–H and O–H groups in total. The standard InChI is InChI=1S/C4H10N2O2/c1-5-4(7)3-6-8-2/h6H,3H2,1-2H3,(H,5,7). The molecule has 0 spiro atoms. The quantitative estimate of drug-likeness (QED) is 0.462. The molecule has 0 bridgehead atoms. The van der Waals surface area contributed by atoms with Gasteiger partial charge in [0.15, 0.2) is 0 Å². The lowest BCUT2D eigenvalue weighted by Gasteiger charge is -1.97. The Morgan fingerprint density at radius 3 is 2.75 bits per heavy atom. The molecule has 1 amide bonds. The van der Waals surface area contributed by atoms with Crippen LogP contribution in [0.1, 0.15) is 0 Å². The van der Waals surface area contributed by atoms with Crippen LogP contribution >= 0.6 is 0 Å². The highest BCUT2D eigenvalue weighted by atomic mass is 16.6. The minimum atomic E-state index is -0.0909. The average Bonchev–Trinajstić information content (AvgIpc) is 1.83. The van der Waals surface area contributed by atoms with Crippen LogP contribution in [0.2, 0.25) is 0 Å². The number of carbonyl (C=O) groups excluding carboxylic acids is 1. The molecule has 0 aromatic carbocycles. The summed E-state index contributed by atoms with van der Waals surface area (Å²) in [5.74, 6) is -0.0909. The topological polar surface area (TPSA) is 50.4 Å². The molecule has 4 heteroatoms. The van der Waals surface area contributed by atoms with Crippen LogP contribution in [0.5, 0.6) is 0 Å². The van der Waals surface area contributed by atoms with Gasteiger partial charge in [-0.1, -0.05) is 0 Å². The summed E-state index contributed by atoms with van der Waals surface area (Å²) < 4.78 is 0. The minimum absolute atomic E-state index is 0.0909. The van der Waals surface area contributed by atoms with Gasteiger partial charge in [-0.15, -0.1) is 0 Å². The summed E-state index contributed by atoms with van der Waals surface area (Å²) in [5.41, 5.74) is 2.39. The third kappa shape index (κ3) is 3.58. The molecule has 0 aromatic heterocycles. The van der Waals surface area contributed by atoms with Crippen molar-refractivity contribution in [2.75, 3.05) is 20.7 Å². The van der Waals surface area contributed by atoms with E-state index in [0.717, 1.165) is 0 Å². The van der Waals surface area contributed by atoms with Gasteiger partial charge in [0.05, 0.1) is 13.7 Å². The minimum Gasteiger partial charge on any atom is -0.358 e. The van der Waals surface area contributed by atoms with Gasteiger partial charge in [0, 0.05) is 7.05 Å². The Bertz CT molecular complexity index is 74.4. The molecule has 48 valence electrons. The number of carbonyl (C=O) groups is 1. The Balaban J connectivity index is 2.99. The molecule has 0 aliphatic heterocycles. The van der Waals surface area contributed by atoms with Crippen molar-refractivity contribution in [3.8, 4) is 0 Å². The van der Waals surface area contributed by atoms with Crippen LogP contribution in [0.25, 0.3) is 0 Å². The second-order valence-electron chi connectivity index (χ2n) is 1.20. The zero-order chi connectivity index (χ0) is 6.41. The van der Waals surface area contributed by atoms with E-state index in [1.54, 1.807) is 7.05 Å². The van der Waals surface area contributed by atoms with E-state index in [9.17, 15) is 4.79 Å². The summed E-state index contributed by atoms with van der Waals surface area (Å²) in [7, 11) is 3.03. The van der Waals surface area contributed by atoms with E-state index in [4.69, 9.17) is 0 Å². The third-order valence-electron chi connectivity index (χ3n) is 0.656. The normalized spacial score (nSPS) is 8.75. The monoisotopic (exact) mass is 118 g/mol. The van der Waals surface area contributed by atoms with Gasteiger partial charge in [-0.2, -0.15) is 5.48 Å². The molecule has 4 nitrogen and oxygen atoms in total. The van der Waals surface area contributed by atoms with Crippen LogP contribution in [0.3, 0.4) is 0 Å². The lowest BCUT2D eigenvalue weighted by atomic mass is 10.6. The van der Waals surface area contributed by atoms with E-state index < -0.39 is 0 Å². The van der Waals surface area contributed by atoms with Crippen molar-refractivity contribution >= 4 is 5.91 Å². The Morgan fingerprint density at radius 2 is 2.38 bits per heavy atom. The van der Waals surface area contributed by atoms with Gasteiger partial charge in [0.2, 0.25) is 5.91 Å². The summed E-state index contributed by atoms with van der Waals surface area (Å²) in [6.45, 7) is 0.201. The number of likely N-dealkylation sites (N-methyl/N-ethyl adjacent to an activating group) is 1. The molecule has 0 rings (SSSR count). The van der Waals surface area contributed by atoms with Crippen LogP contribution < -0.4 is 10.8 Å².